The van der Waals surface area contributed by atoms with E-state index in [1.54, 1.807) is 0 Å². The number of hydrogen-bond donors (Lipinski definition) is 1. The molecule has 2 N–H and O–H groups in total. The van der Waals surface area contributed by atoms with Gasteiger partial charge in [0.2, 0.25) is 0 Å². The van der Waals surface area contributed by atoms with Crippen LogP contribution in [0.4, 0.5) is 0 Å². The fourth-order valence-electron chi connectivity index (χ4n) is 1.52. The monoisotopic (exact) mass is 334 g/mol. The second-order valence-electron chi connectivity index (χ2n) is 4.17. The second-order valence-corrected chi connectivity index (χ2v) is 6.02. The van der Waals surface area contributed by atoms with Gasteiger partial charge in [0.25, 0.3) is 0 Å². The maximum Gasteiger partial charge on any atom is 0.0742 e. The predicted octanol–water partition coefficient (Wildman–Crippen LogP) is 3.60. The third kappa shape index (κ3) is 4.92. The summed E-state index contributed by atoms with van der Waals surface area (Å²) in [7, 11) is 2.04. The summed E-state index contributed by atoms with van der Waals surface area (Å²) in [5.74, 6) is 0. The average molecular weight is 336 g/mol. The Bertz CT molecular complexity index is 411. The van der Waals surface area contributed by atoms with Crippen LogP contribution in [0.15, 0.2) is 22.7 Å². The van der Waals surface area contributed by atoms with Crippen LogP contribution in [0.2, 0.25) is 5.02 Å². The molecule has 17 heavy (non-hydrogen) atoms. The smallest absolute Gasteiger partial charge is 0.0742 e. The number of thiocarbonyl (C=S) groups is 1. The van der Waals surface area contributed by atoms with Gasteiger partial charge in [0.15, 0.2) is 0 Å². The number of nitrogens with zero attached hydrogens (tertiary/aromatic N) is 1. The molecule has 0 bridgehead atoms. The summed E-state index contributed by atoms with van der Waals surface area (Å²) in [5, 5.41) is 0.772. The Morgan fingerprint density at radius 1 is 1.59 bits per heavy atom. The molecule has 0 aliphatic heterocycles. The number of rotatable bonds is 5. The van der Waals surface area contributed by atoms with Crippen molar-refractivity contribution in [2.75, 3.05) is 7.05 Å². The molecule has 0 heterocycles. The molecule has 2 nitrogen and oxygen atoms in total. The van der Waals surface area contributed by atoms with Crippen molar-refractivity contribution >= 4 is 44.7 Å². The van der Waals surface area contributed by atoms with Crippen LogP contribution in [0.5, 0.6) is 0 Å². The molecule has 0 saturated heterocycles. The lowest BCUT2D eigenvalue weighted by atomic mass is 10.1. The highest BCUT2D eigenvalue weighted by molar-refractivity contribution is 9.10. The largest absolute Gasteiger partial charge is 0.393 e. The second kappa shape index (κ2) is 6.69. The normalized spacial score (nSPS) is 12.8. The first kappa shape index (κ1) is 14.9. The molecule has 5 heteroatoms. The SMILES string of the molecule is CC(CC(N)=S)N(C)Cc1ccc(Br)cc1Cl. The Balaban J connectivity index is 2.67. The fourth-order valence-corrected chi connectivity index (χ4v) is 2.50. The molecule has 0 fully saturated rings. The van der Waals surface area contributed by atoms with Crippen molar-refractivity contribution in [3.8, 4) is 0 Å². The van der Waals surface area contributed by atoms with Crippen molar-refractivity contribution in [2.45, 2.75) is 25.9 Å². The summed E-state index contributed by atoms with van der Waals surface area (Å²) in [6.07, 6.45) is 0.722. The first-order chi connectivity index (χ1) is 7.90. The Labute approximate surface area is 121 Å². The van der Waals surface area contributed by atoms with Gasteiger partial charge in [0, 0.05) is 28.5 Å². The molecule has 94 valence electrons. The summed E-state index contributed by atoms with van der Waals surface area (Å²) in [4.78, 5) is 2.74. The van der Waals surface area contributed by atoms with Gasteiger partial charge in [-0.3, -0.25) is 4.90 Å². The van der Waals surface area contributed by atoms with Crippen LogP contribution in [-0.4, -0.2) is 23.0 Å². The topological polar surface area (TPSA) is 29.3 Å². The van der Waals surface area contributed by atoms with Crippen LogP contribution >= 0.6 is 39.7 Å². The highest BCUT2D eigenvalue weighted by Gasteiger charge is 2.12. The average Bonchev–Trinajstić information content (AvgIpc) is 2.21. The molecule has 1 aromatic rings. The zero-order valence-electron chi connectivity index (χ0n) is 9.91. The minimum absolute atomic E-state index is 0.312. The van der Waals surface area contributed by atoms with E-state index >= 15 is 0 Å². The molecular weight excluding hydrogens is 320 g/mol. The van der Waals surface area contributed by atoms with E-state index in [-0.39, 0.29) is 0 Å². The lowest BCUT2D eigenvalue weighted by Crippen LogP contribution is -2.32. The van der Waals surface area contributed by atoms with Gasteiger partial charge < -0.3 is 5.73 Å². The Hall–Kier alpha value is -0.160. The minimum Gasteiger partial charge on any atom is -0.393 e. The Morgan fingerprint density at radius 3 is 2.76 bits per heavy atom. The van der Waals surface area contributed by atoms with Crippen molar-refractivity contribution in [3.05, 3.63) is 33.3 Å². The van der Waals surface area contributed by atoms with Crippen molar-refractivity contribution in [1.82, 2.24) is 4.90 Å². The molecule has 0 saturated carbocycles. The van der Waals surface area contributed by atoms with E-state index < -0.39 is 0 Å². The lowest BCUT2D eigenvalue weighted by molar-refractivity contribution is 0.255. The van der Waals surface area contributed by atoms with Crippen LogP contribution in [0, 0.1) is 0 Å². The Kier molecular flexibility index (Phi) is 5.86. The van der Waals surface area contributed by atoms with Gasteiger partial charge in [-0.15, -0.1) is 0 Å². The fraction of sp³-hybridized carbons (Fsp3) is 0.417. The van der Waals surface area contributed by atoms with Crippen molar-refractivity contribution < 1.29 is 0 Å². The van der Waals surface area contributed by atoms with Crippen LogP contribution < -0.4 is 5.73 Å². The Morgan fingerprint density at radius 2 is 2.24 bits per heavy atom. The molecule has 1 rings (SSSR count). The molecule has 0 aliphatic rings. The molecule has 0 radical (unpaired) electrons. The molecule has 0 aromatic heterocycles. The summed E-state index contributed by atoms with van der Waals surface area (Å²) < 4.78 is 0.991. The summed E-state index contributed by atoms with van der Waals surface area (Å²) in [5.41, 5.74) is 6.65. The highest BCUT2D eigenvalue weighted by Crippen LogP contribution is 2.23. The van der Waals surface area contributed by atoms with Crippen LogP contribution in [0.3, 0.4) is 0 Å². The molecule has 0 spiro atoms. The third-order valence-electron chi connectivity index (χ3n) is 2.68. The van der Waals surface area contributed by atoms with Crippen LogP contribution in [0.25, 0.3) is 0 Å². The minimum atomic E-state index is 0.312. The van der Waals surface area contributed by atoms with Gasteiger partial charge in [0.1, 0.15) is 0 Å². The van der Waals surface area contributed by atoms with E-state index in [0.29, 0.717) is 11.0 Å². The molecule has 1 unspecified atom stereocenters. The van der Waals surface area contributed by atoms with Gasteiger partial charge in [-0.25, -0.2) is 0 Å². The third-order valence-corrected chi connectivity index (χ3v) is 3.70. The molecule has 1 aromatic carbocycles. The van der Waals surface area contributed by atoms with E-state index in [0.717, 1.165) is 28.0 Å². The van der Waals surface area contributed by atoms with E-state index in [1.165, 1.54) is 0 Å². The first-order valence-corrected chi connectivity index (χ1v) is 6.90. The first-order valence-electron chi connectivity index (χ1n) is 5.32. The maximum absolute atomic E-state index is 6.18. The van der Waals surface area contributed by atoms with Gasteiger partial charge in [-0.1, -0.05) is 45.8 Å². The highest BCUT2D eigenvalue weighted by atomic mass is 79.9. The van der Waals surface area contributed by atoms with Gasteiger partial charge in [-0.05, 0) is 31.7 Å². The van der Waals surface area contributed by atoms with Crippen molar-refractivity contribution in [3.63, 3.8) is 0 Å². The summed E-state index contributed by atoms with van der Waals surface area (Å²) in [6, 6.07) is 6.24. The zero-order valence-corrected chi connectivity index (χ0v) is 13.1. The van der Waals surface area contributed by atoms with Crippen molar-refractivity contribution in [1.29, 1.82) is 0 Å². The lowest BCUT2D eigenvalue weighted by Gasteiger charge is -2.24. The van der Waals surface area contributed by atoms with Gasteiger partial charge >= 0.3 is 0 Å². The van der Waals surface area contributed by atoms with Gasteiger partial charge in [0.05, 0.1) is 4.99 Å². The van der Waals surface area contributed by atoms with Gasteiger partial charge in [-0.2, -0.15) is 0 Å². The number of hydrogen-bond acceptors (Lipinski definition) is 2. The van der Waals surface area contributed by atoms with Crippen LogP contribution in [-0.2, 0) is 6.54 Å². The van der Waals surface area contributed by atoms with Crippen LogP contribution in [0.1, 0.15) is 18.9 Å². The van der Waals surface area contributed by atoms with Crippen molar-refractivity contribution in [2.24, 2.45) is 5.73 Å². The quantitative estimate of drug-likeness (QED) is 0.834. The van der Waals surface area contributed by atoms with E-state index in [4.69, 9.17) is 29.6 Å². The van der Waals surface area contributed by atoms with E-state index in [9.17, 15) is 0 Å². The van der Waals surface area contributed by atoms with E-state index in [2.05, 4.69) is 27.8 Å². The maximum atomic E-state index is 6.18. The predicted molar refractivity (Wildman–Crippen MR) is 81.5 cm³/mol. The molecule has 0 amide bonds. The van der Waals surface area contributed by atoms with E-state index in [1.807, 2.05) is 25.2 Å². The number of nitrogens with two attached hydrogens (primary N) is 1. The molecular formula is C12H16BrClN2S. The standard InChI is InChI=1S/C12H16BrClN2S/c1-8(5-12(15)17)16(2)7-9-3-4-10(13)6-11(9)14/h3-4,6,8H,5,7H2,1-2H3,(H2,15,17). The summed E-state index contributed by atoms with van der Waals surface area (Å²) in [6.45, 7) is 2.89. The summed E-state index contributed by atoms with van der Waals surface area (Å²) >= 11 is 14.5. The molecule has 1 atom stereocenters. The zero-order chi connectivity index (χ0) is 13.0. The molecule has 0 aliphatic carbocycles. The number of benzene rings is 1. The number of halogens is 2.